The van der Waals surface area contributed by atoms with Crippen LogP contribution in [0.1, 0.15) is 55.3 Å². The summed E-state index contributed by atoms with van der Waals surface area (Å²) in [5.74, 6) is 0.131. The van der Waals surface area contributed by atoms with E-state index in [4.69, 9.17) is 4.42 Å². The van der Waals surface area contributed by atoms with Crippen LogP contribution in [0.4, 0.5) is 0 Å². The highest BCUT2D eigenvalue weighted by molar-refractivity contribution is 5.92. The molecule has 0 unspecified atom stereocenters. The number of carbonyl (C=O) groups excluding carboxylic acids is 2. The van der Waals surface area contributed by atoms with Gasteiger partial charge < -0.3 is 14.2 Å². The highest BCUT2D eigenvalue weighted by Gasteiger charge is 2.31. The first kappa shape index (κ1) is 20.2. The van der Waals surface area contributed by atoms with Crippen molar-refractivity contribution in [2.45, 2.75) is 45.6 Å². The van der Waals surface area contributed by atoms with Crippen LogP contribution in [0.3, 0.4) is 0 Å². The number of hydrogen-bond acceptors (Lipinski definition) is 3. The van der Waals surface area contributed by atoms with Crippen LogP contribution in [0.2, 0.25) is 0 Å². The van der Waals surface area contributed by atoms with Gasteiger partial charge in [-0.25, -0.2) is 0 Å². The maximum atomic E-state index is 12.9. The highest BCUT2D eigenvalue weighted by Crippen LogP contribution is 2.24. The zero-order valence-corrected chi connectivity index (χ0v) is 17.3. The number of rotatable bonds is 4. The van der Waals surface area contributed by atoms with Crippen LogP contribution in [0.5, 0.6) is 0 Å². The molecule has 5 nitrogen and oxygen atoms in total. The van der Waals surface area contributed by atoms with Gasteiger partial charge in [0.2, 0.25) is 5.91 Å². The van der Waals surface area contributed by atoms with Crippen LogP contribution >= 0.6 is 0 Å². The van der Waals surface area contributed by atoms with E-state index in [-0.39, 0.29) is 23.1 Å². The Labute approximate surface area is 167 Å². The van der Waals surface area contributed by atoms with Gasteiger partial charge in [0.1, 0.15) is 0 Å². The largest absolute Gasteiger partial charge is 0.459 e. The van der Waals surface area contributed by atoms with E-state index in [1.807, 2.05) is 7.05 Å². The molecule has 1 aliphatic rings. The van der Waals surface area contributed by atoms with Gasteiger partial charge in [-0.2, -0.15) is 0 Å². The van der Waals surface area contributed by atoms with Gasteiger partial charge in [-0.1, -0.05) is 45.0 Å². The van der Waals surface area contributed by atoms with Crippen LogP contribution in [0, 0.1) is 5.92 Å². The normalized spacial score (nSPS) is 17.4. The van der Waals surface area contributed by atoms with E-state index < -0.39 is 0 Å². The second-order valence-corrected chi connectivity index (χ2v) is 8.71. The Bertz CT molecular complexity index is 803. The third kappa shape index (κ3) is 4.64. The van der Waals surface area contributed by atoms with E-state index in [0.717, 1.165) is 18.4 Å². The maximum absolute atomic E-state index is 12.9. The average Bonchev–Trinajstić information content (AvgIpc) is 3.21. The summed E-state index contributed by atoms with van der Waals surface area (Å²) in [5, 5.41) is 0. The lowest BCUT2D eigenvalue weighted by Gasteiger charge is -2.33. The van der Waals surface area contributed by atoms with Gasteiger partial charge in [0.05, 0.1) is 12.2 Å². The van der Waals surface area contributed by atoms with E-state index in [1.165, 1.54) is 11.8 Å². The highest BCUT2D eigenvalue weighted by atomic mass is 16.3. The molecule has 28 heavy (non-hydrogen) atoms. The number of amides is 2. The molecule has 1 atom stereocenters. The Kier molecular flexibility index (Phi) is 5.92. The van der Waals surface area contributed by atoms with Crippen LogP contribution in [-0.2, 0) is 16.8 Å². The maximum Gasteiger partial charge on any atom is 0.289 e. The summed E-state index contributed by atoms with van der Waals surface area (Å²) >= 11 is 0. The molecule has 5 heteroatoms. The first-order valence-electron chi connectivity index (χ1n) is 9.93. The Morgan fingerprint density at radius 2 is 1.89 bits per heavy atom. The summed E-state index contributed by atoms with van der Waals surface area (Å²) in [7, 11) is 1.84. The van der Waals surface area contributed by atoms with Gasteiger partial charge in [0.25, 0.3) is 5.91 Å². The molecule has 0 radical (unpaired) electrons. The fourth-order valence-corrected chi connectivity index (χ4v) is 3.69. The van der Waals surface area contributed by atoms with Crippen LogP contribution in [0.15, 0.2) is 47.1 Å². The molecule has 0 spiro atoms. The molecule has 1 aliphatic heterocycles. The van der Waals surface area contributed by atoms with Gasteiger partial charge in [-0.3, -0.25) is 9.59 Å². The summed E-state index contributed by atoms with van der Waals surface area (Å²) < 4.78 is 5.22. The minimum atomic E-state index is -0.161. The summed E-state index contributed by atoms with van der Waals surface area (Å²) in [6, 6.07) is 11.8. The predicted molar refractivity (Wildman–Crippen MR) is 109 cm³/mol. The molecule has 2 amide bonds. The molecular formula is C23H30N2O3. The molecular weight excluding hydrogens is 352 g/mol. The van der Waals surface area contributed by atoms with Crippen molar-refractivity contribution in [2.75, 3.05) is 20.1 Å². The fraction of sp³-hybridized carbons (Fsp3) is 0.478. The molecule has 150 valence electrons. The summed E-state index contributed by atoms with van der Waals surface area (Å²) in [6.07, 6.45) is 3.14. The third-order valence-electron chi connectivity index (χ3n) is 5.41. The number of likely N-dealkylation sites (tertiary alicyclic amines) is 1. The Balaban J connectivity index is 1.60. The lowest BCUT2D eigenvalue weighted by molar-refractivity contribution is -0.136. The number of benzene rings is 1. The van der Waals surface area contributed by atoms with Crippen LogP contribution in [0.25, 0.3) is 0 Å². The van der Waals surface area contributed by atoms with E-state index in [2.05, 4.69) is 45.0 Å². The van der Waals surface area contributed by atoms with Crippen molar-refractivity contribution in [1.29, 1.82) is 0 Å². The molecule has 2 heterocycles. The Morgan fingerprint density at radius 3 is 2.50 bits per heavy atom. The van der Waals surface area contributed by atoms with E-state index >= 15 is 0 Å². The monoisotopic (exact) mass is 382 g/mol. The first-order chi connectivity index (χ1) is 13.3. The molecule has 3 rings (SSSR count). The average molecular weight is 383 g/mol. The summed E-state index contributed by atoms with van der Waals surface area (Å²) in [5.41, 5.74) is 2.51. The zero-order chi connectivity index (χ0) is 20.3. The number of hydrogen-bond donors (Lipinski definition) is 0. The first-order valence-corrected chi connectivity index (χ1v) is 9.93. The van der Waals surface area contributed by atoms with Crippen molar-refractivity contribution in [1.82, 2.24) is 9.80 Å². The lowest BCUT2D eigenvalue weighted by atomic mass is 9.87. The van der Waals surface area contributed by atoms with Gasteiger partial charge in [0.15, 0.2) is 5.76 Å². The van der Waals surface area contributed by atoms with Crippen molar-refractivity contribution in [2.24, 2.45) is 5.92 Å². The van der Waals surface area contributed by atoms with Gasteiger partial charge >= 0.3 is 0 Å². The predicted octanol–water partition coefficient (Wildman–Crippen LogP) is 4.09. The van der Waals surface area contributed by atoms with E-state index in [1.54, 1.807) is 21.9 Å². The molecule has 0 bridgehead atoms. The quantitative estimate of drug-likeness (QED) is 0.800. The minimum absolute atomic E-state index is 0.0943. The summed E-state index contributed by atoms with van der Waals surface area (Å²) in [4.78, 5) is 29.0. The Morgan fingerprint density at radius 1 is 1.18 bits per heavy atom. The van der Waals surface area contributed by atoms with Crippen molar-refractivity contribution in [3.63, 3.8) is 0 Å². The minimum Gasteiger partial charge on any atom is -0.459 e. The smallest absolute Gasteiger partial charge is 0.289 e. The molecule has 2 aromatic rings. The molecule has 1 saturated heterocycles. The molecule has 0 N–H and O–H groups in total. The number of furan rings is 1. The molecule has 0 saturated carbocycles. The van der Waals surface area contributed by atoms with Crippen molar-refractivity contribution in [3.05, 3.63) is 59.5 Å². The van der Waals surface area contributed by atoms with Gasteiger partial charge in [-0.05, 0) is 41.5 Å². The second kappa shape index (κ2) is 8.21. The number of nitrogens with zero attached hydrogens (tertiary/aromatic N) is 2. The SMILES string of the molecule is CN(Cc1ccc(C(C)(C)C)cc1)C(=O)[C@H]1CCCN(C(=O)c2ccco2)C1. The molecule has 1 fully saturated rings. The Hall–Kier alpha value is -2.56. The van der Waals surface area contributed by atoms with Crippen molar-refractivity contribution in [3.8, 4) is 0 Å². The van der Waals surface area contributed by atoms with E-state index in [0.29, 0.717) is 25.4 Å². The number of carbonyl (C=O) groups is 2. The number of piperidine rings is 1. The fourth-order valence-electron chi connectivity index (χ4n) is 3.69. The third-order valence-corrected chi connectivity index (χ3v) is 5.41. The standard InChI is InChI=1S/C23H30N2O3/c1-23(2,3)19-11-9-17(10-12-19)15-24(4)21(26)18-7-5-13-25(16-18)22(27)20-8-6-14-28-20/h6,8-12,14,18H,5,7,13,15-16H2,1-4H3/t18-/m0/s1. The lowest BCUT2D eigenvalue weighted by Crippen LogP contribution is -2.45. The second-order valence-electron chi connectivity index (χ2n) is 8.71. The molecule has 1 aromatic heterocycles. The van der Waals surface area contributed by atoms with Gasteiger partial charge in [-0.15, -0.1) is 0 Å². The summed E-state index contributed by atoms with van der Waals surface area (Å²) in [6.45, 7) is 8.27. The van der Waals surface area contributed by atoms with Crippen molar-refractivity contribution >= 4 is 11.8 Å². The zero-order valence-electron chi connectivity index (χ0n) is 17.3. The van der Waals surface area contributed by atoms with Crippen LogP contribution < -0.4 is 0 Å². The van der Waals surface area contributed by atoms with Gasteiger partial charge in [0, 0.05) is 26.7 Å². The molecule has 1 aromatic carbocycles. The molecule has 0 aliphatic carbocycles. The topological polar surface area (TPSA) is 53.8 Å². The van der Waals surface area contributed by atoms with Crippen molar-refractivity contribution < 1.29 is 14.0 Å². The van der Waals surface area contributed by atoms with E-state index in [9.17, 15) is 9.59 Å². The van der Waals surface area contributed by atoms with Crippen LogP contribution in [-0.4, -0.2) is 41.8 Å².